The SMILES string of the molecule is CCOc1ccc2c(c1)C1CC(c3ccccc3)=NN1C(c1cccs1)O2. The van der Waals surface area contributed by atoms with Gasteiger partial charge in [-0.2, -0.15) is 5.10 Å². The number of fused-ring (bicyclic) bond motifs is 3. The van der Waals surface area contributed by atoms with E-state index in [1.807, 2.05) is 25.1 Å². The standard InChI is InChI=1S/C22H20N2O2S/c1-2-25-16-10-11-20-17(13-16)19-14-18(15-7-4-3-5-8-15)23-24(19)22(26-20)21-9-6-12-27-21/h3-13,19,22H,2,14H2,1H3. The van der Waals surface area contributed by atoms with E-state index >= 15 is 0 Å². The first-order valence-corrected chi connectivity index (χ1v) is 10.1. The molecule has 0 spiro atoms. The smallest absolute Gasteiger partial charge is 0.222 e. The van der Waals surface area contributed by atoms with Crippen molar-refractivity contribution in [3.05, 3.63) is 82.0 Å². The molecule has 2 unspecified atom stereocenters. The van der Waals surface area contributed by atoms with Gasteiger partial charge < -0.3 is 9.47 Å². The lowest BCUT2D eigenvalue weighted by molar-refractivity contribution is -0.0167. The Kier molecular flexibility index (Phi) is 4.09. The van der Waals surface area contributed by atoms with Crippen LogP contribution in [-0.4, -0.2) is 17.3 Å². The highest BCUT2D eigenvalue weighted by molar-refractivity contribution is 7.10. The molecule has 2 aromatic carbocycles. The van der Waals surface area contributed by atoms with Crippen molar-refractivity contribution in [1.29, 1.82) is 0 Å². The monoisotopic (exact) mass is 376 g/mol. The van der Waals surface area contributed by atoms with Crippen molar-refractivity contribution in [3.63, 3.8) is 0 Å². The topological polar surface area (TPSA) is 34.1 Å². The largest absolute Gasteiger partial charge is 0.494 e. The molecule has 4 nitrogen and oxygen atoms in total. The van der Waals surface area contributed by atoms with Crippen LogP contribution in [0.1, 0.15) is 41.6 Å². The molecule has 3 heterocycles. The van der Waals surface area contributed by atoms with Gasteiger partial charge in [-0.05, 0) is 42.1 Å². The highest BCUT2D eigenvalue weighted by Crippen LogP contribution is 2.49. The molecule has 2 aliphatic heterocycles. The first-order chi connectivity index (χ1) is 13.3. The molecule has 0 saturated heterocycles. The minimum absolute atomic E-state index is 0.150. The van der Waals surface area contributed by atoms with E-state index in [0.29, 0.717) is 6.61 Å². The summed E-state index contributed by atoms with van der Waals surface area (Å²) in [6.07, 6.45) is 0.666. The van der Waals surface area contributed by atoms with Gasteiger partial charge in [0.15, 0.2) is 0 Å². The Bertz CT molecular complexity index is 969. The number of nitrogens with zero attached hydrogens (tertiary/aromatic N) is 2. The van der Waals surface area contributed by atoms with Crippen LogP contribution in [0.4, 0.5) is 0 Å². The molecule has 0 N–H and O–H groups in total. The van der Waals surface area contributed by atoms with Gasteiger partial charge in [0, 0.05) is 12.0 Å². The van der Waals surface area contributed by atoms with E-state index in [2.05, 4.69) is 52.9 Å². The fourth-order valence-corrected chi connectivity index (χ4v) is 4.49. The molecule has 27 heavy (non-hydrogen) atoms. The van der Waals surface area contributed by atoms with E-state index in [1.165, 1.54) is 5.56 Å². The van der Waals surface area contributed by atoms with Crippen LogP contribution in [-0.2, 0) is 0 Å². The predicted octanol–water partition coefficient (Wildman–Crippen LogP) is 5.39. The average molecular weight is 376 g/mol. The van der Waals surface area contributed by atoms with Crippen molar-refractivity contribution < 1.29 is 9.47 Å². The number of rotatable bonds is 4. The van der Waals surface area contributed by atoms with Gasteiger partial charge in [-0.25, -0.2) is 5.01 Å². The zero-order chi connectivity index (χ0) is 18.2. The third kappa shape index (κ3) is 2.88. The summed E-state index contributed by atoms with van der Waals surface area (Å²) in [5.41, 5.74) is 3.41. The minimum Gasteiger partial charge on any atom is -0.494 e. The molecule has 2 aliphatic rings. The number of ether oxygens (including phenoxy) is 2. The zero-order valence-corrected chi connectivity index (χ0v) is 15.9. The molecule has 0 bridgehead atoms. The summed E-state index contributed by atoms with van der Waals surface area (Å²) in [6, 6.07) is 20.8. The van der Waals surface area contributed by atoms with Gasteiger partial charge >= 0.3 is 0 Å². The van der Waals surface area contributed by atoms with E-state index in [1.54, 1.807) is 11.3 Å². The third-order valence-electron chi connectivity index (χ3n) is 4.97. The number of hydrazone groups is 1. The zero-order valence-electron chi connectivity index (χ0n) is 15.0. The fourth-order valence-electron chi connectivity index (χ4n) is 3.75. The molecule has 0 amide bonds. The Morgan fingerprint density at radius 1 is 1.15 bits per heavy atom. The van der Waals surface area contributed by atoms with Gasteiger partial charge in [0.05, 0.1) is 23.2 Å². The van der Waals surface area contributed by atoms with Crippen LogP contribution < -0.4 is 9.47 Å². The number of hydrogen-bond acceptors (Lipinski definition) is 5. The van der Waals surface area contributed by atoms with Crippen molar-refractivity contribution in [2.24, 2.45) is 5.10 Å². The minimum atomic E-state index is -0.193. The van der Waals surface area contributed by atoms with Crippen LogP contribution in [0.3, 0.4) is 0 Å². The van der Waals surface area contributed by atoms with Crippen molar-refractivity contribution >= 4 is 17.0 Å². The van der Waals surface area contributed by atoms with Crippen molar-refractivity contribution in [1.82, 2.24) is 5.01 Å². The summed E-state index contributed by atoms with van der Waals surface area (Å²) in [7, 11) is 0. The second-order valence-corrected chi connectivity index (χ2v) is 7.61. The van der Waals surface area contributed by atoms with E-state index < -0.39 is 0 Å². The fraction of sp³-hybridized carbons (Fsp3) is 0.227. The number of thiophene rings is 1. The quantitative estimate of drug-likeness (QED) is 0.612. The third-order valence-corrected chi connectivity index (χ3v) is 5.87. The lowest BCUT2D eigenvalue weighted by atomic mass is 9.96. The number of benzene rings is 2. The molecule has 1 aromatic heterocycles. The maximum atomic E-state index is 6.38. The van der Waals surface area contributed by atoms with Crippen LogP contribution in [0.2, 0.25) is 0 Å². The van der Waals surface area contributed by atoms with Crippen molar-refractivity contribution in [2.75, 3.05) is 6.61 Å². The van der Waals surface area contributed by atoms with E-state index in [9.17, 15) is 0 Å². The van der Waals surface area contributed by atoms with Gasteiger partial charge in [0.1, 0.15) is 11.5 Å². The maximum Gasteiger partial charge on any atom is 0.222 e. The average Bonchev–Trinajstić information content (AvgIpc) is 3.39. The molecule has 0 radical (unpaired) electrons. The normalized spacial score (nSPS) is 20.5. The Hall–Kier alpha value is -2.79. The van der Waals surface area contributed by atoms with E-state index in [0.717, 1.165) is 34.1 Å². The summed E-state index contributed by atoms with van der Waals surface area (Å²) in [5.74, 6) is 1.80. The molecule has 136 valence electrons. The molecule has 0 saturated carbocycles. The van der Waals surface area contributed by atoms with Crippen LogP contribution in [0, 0.1) is 0 Å². The van der Waals surface area contributed by atoms with Gasteiger partial charge in [-0.3, -0.25) is 0 Å². The van der Waals surface area contributed by atoms with Crippen molar-refractivity contribution in [3.8, 4) is 11.5 Å². The molecule has 0 aliphatic carbocycles. The van der Waals surface area contributed by atoms with Gasteiger partial charge in [0.2, 0.25) is 6.23 Å². The second-order valence-electron chi connectivity index (χ2n) is 6.63. The van der Waals surface area contributed by atoms with Crippen molar-refractivity contribution in [2.45, 2.75) is 25.6 Å². The predicted molar refractivity (Wildman–Crippen MR) is 107 cm³/mol. The Morgan fingerprint density at radius 3 is 2.81 bits per heavy atom. The Balaban J connectivity index is 1.58. The molecular weight excluding hydrogens is 356 g/mol. The van der Waals surface area contributed by atoms with Gasteiger partial charge in [-0.15, -0.1) is 11.3 Å². The summed E-state index contributed by atoms with van der Waals surface area (Å²) in [4.78, 5) is 1.16. The molecule has 5 rings (SSSR count). The lowest BCUT2D eigenvalue weighted by Gasteiger charge is -2.37. The summed E-state index contributed by atoms with van der Waals surface area (Å²) >= 11 is 1.70. The maximum absolute atomic E-state index is 6.38. The molecule has 5 heteroatoms. The Morgan fingerprint density at radius 2 is 2.04 bits per heavy atom. The summed E-state index contributed by atoms with van der Waals surface area (Å²) < 4.78 is 12.1. The van der Waals surface area contributed by atoms with Crippen LogP contribution in [0.5, 0.6) is 11.5 Å². The highest BCUT2D eigenvalue weighted by Gasteiger charge is 2.41. The Labute approximate surface area is 162 Å². The molecular formula is C22H20N2O2S. The second kappa shape index (κ2) is 6.74. The first-order valence-electron chi connectivity index (χ1n) is 9.21. The summed E-state index contributed by atoms with van der Waals surface area (Å²) in [6.45, 7) is 2.65. The molecule has 0 fully saturated rings. The van der Waals surface area contributed by atoms with E-state index in [4.69, 9.17) is 14.6 Å². The highest BCUT2D eigenvalue weighted by atomic mass is 32.1. The first kappa shape index (κ1) is 16.4. The van der Waals surface area contributed by atoms with Crippen LogP contribution in [0.15, 0.2) is 71.1 Å². The van der Waals surface area contributed by atoms with Gasteiger partial charge in [0.25, 0.3) is 0 Å². The number of hydrogen-bond donors (Lipinski definition) is 0. The van der Waals surface area contributed by atoms with Crippen LogP contribution in [0.25, 0.3) is 0 Å². The summed E-state index contributed by atoms with van der Waals surface area (Å²) in [5, 5.41) is 9.18. The van der Waals surface area contributed by atoms with Gasteiger partial charge in [-0.1, -0.05) is 36.4 Å². The lowest BCUT2D eigenvalue weighted by Crippen LogP contribution is -2.33. The van der Waals surface area contributed by atoms with E-state index in [-0.39, 0.29) is 12.3 Å². The molecule has 2 atom stereocenters. The van der Waals surface area contributed by atoms with Crippen LogP contribution >= 0.6 is 11.3 Å². The molecule has 3 aromatic rings.